The Bertz CT molecular complexity index is 432. The molecule has 0 aromatic heterocycles. The van der Waals surface area contributed by atoms with E-state index < -0.39 is 17.9 Å². The standard InChI is InChI=1S/C12H15NO5/c14-6-5-9(12(17)18)13-11(16)7-8-3-1-2-4-10(8)15/h1-4,9,14-15H,5-7H2,(H,13,16)(H,17,18)/t9-/m1/s1. The lowest BCUT2D eigenvalue weighted by Crippen LogP contribution is -2.42. The minimum Gasteiger partial charge on any atom is -0.508 e. The Hall–Kier alpha value is -2.08. The quantitative estimate of drug-likeness (QED) is 0.565. The van der Waals surface area contributed by atoms with E-state index in [2.05, 4.69) is 5.32 Å². The second-order valence-electron chi connectivity index (χ2n) is 3.78. The Morgan fingerprint density at radius 3 is 2.50 bits per heavy atom. The molecule has 0 spiro atoms. The second-order valence-corrected chi connectivity index (χ2v) is 3.78. The lowest BCUT2D eigenvalue weighted by atomic mass is 10.1. The fourth-order valence-electron chi connectivity index (χ4n) is 1.47. The molecule has 0 aliphatic rings. The first-order valence-corrected chi connectivity index (χ1v) is 5.44. The third kappa shape index (κ3) is 4.06. The van der Waals surface area contributed by atoms with Crippen molar-refractivity contribution in [3.63, 3.8) is 0 Å². The van der Waals surface area contributed by atoms with Crippen molar-refractivity contribution < 1.29 is 24.9 Å². The number of aromatic hydroxyl groups is 1. The molecule has 1 atom stereocenters. The number of hydrogen-bond donors (Lipinski definition) is 4. The van der Waals surface area contributed by atoms with E-state index in [4.69, 9.17) is 10.2 Å². The maximum Gasteiger partial charge on any atom is 0.326 e. The summed E-state index contributed by atoms with van der Waals surface area (Å²) in [4.78, 5) is 22.4. The predicted molar refractivity (Wildman–Crippen MR) is 63.1 cm³/mol. The van der Waals surface area contributed by atoms with Crippen molar-refractivity contribution in [3.8, 4) is 5.75 Å². The van der Waals surface area contributed by atoms with Crippen molar-refractivity contribution in [2.24, 2.45) is 0 Å². The Labute approximate surface area is 104 Å². The molecule has 0 bridgehead atoms. The van der Waals surface area contributed by atoms with Gasteiger partial charge in [-0.25, -0.2) is 4.79 Å². The summed E-state index contributed by atoms with van der Waals surface area (Å²) in [5.74, 6) is -1.73. The first kappa shape index (κ1) is 14.0. The average Bonchev–Trinajstić information content (AvgIpc) is 2.31. The molecule has 0 radical (unpaired) electrons. The largest absolute Gasteiger partial charge is 0.508 e. The van der Waals surface area contributed by atoms with Gasteiger partial charge in [0.25, 0.3) is 0 Å². The SMILES string of the molecule is O=C(Cc1ccccc1O)N[C@H](CCO)C(=O)O. The van der Waals surface area contributed by atoms with Crippen LogP contribution in [0.2, 0.25) is 0 Å². The lowest BCUT2D eigenvalue weighted by molar-refractivity contribution is -0.142. The summed E-state index contributed by atoms with van der Waals surface area (Å²) in [6.45, 7) is -0.326. The van der Waals surface area contributed by atoms with Gasteiger partial charge in [0.1, 0.15) is 11.8 Å². The van der Waals surface area contributed by atoms with Crippen LogP contribution in [0.4, 0.5) is 0 Å². The Morgan fingerprint density at radius 1 is 1.28 bits per heavy atom. The van der Waals surface area contributed by atoms with E-state index in [0.29, 0.717) is 5.56 Å². The average molecular weight is 253 g/mol. The molecule has 6 heteroatoms. The molecule has 1 aromatic carbocycles. The van der Waals surface area contributed by atoms with Crippen molar-refractivity contribution in [3.05, 3.63) is 29.8 Å². The number of carboxylic acids is 1. The van der Waals surface area contributed by atoms with Gasteiger partial charge in [0, 0.05) is 18.6 Å². The molecule has 18 heavy (non-hydrogen) atoms. The van der Waals surface area contributed by atoms with Crippen LogP contribution in [0.25, 0.3) is 0 Å². The van der Waals surface area contributed by atoms with Gasteiger partial charge in [-0.15, -0.1) is 0 Å². The van der Waals surface area contributed by atoms with Gasteiger partial charge in [0.15, 0.2) is 0 Å². The van der Waals surface area contributed by atoms with Gasteiger partial charge in [-0.3, -0.25) is 4.79 Å². The van der Waals surface area contributed by atoms with Crippen molar-refractivity contribution in [1.29, 1.82) is 0 Å². The smallest absolute Gasteiger partial charge is 0.326 e. The number of aliphatic hydroxyl groups is 1. The summed E-state index contributed by atoms with van der Waals surface area (Å²) in [5, 5.41) is 29.2. The van der Waals surface area contributed by atoms with Crippen molar-refractivity contribution in [1.82, 2.24) is 5.32 Å². The van der Waals surface area contributed by atoms with E-state index >= 15 is 0 Å². The molecular formula is C12H15NO5. The lowest BCUT2D eigenvalue weighted by Gasteiger charge is -2.13. The van der Waals surface area contributed by atoms with Gasteiger partial charge >= 0.3 is 5.97 Å². The minimum absolute atomic E-state index is 0.0123. The molecule has 0 fully saturated rings. The summed E-state index contributed by atoms with van der Waals surface area (Å²) in [6, 6.07) is 5.21. The van der Waals surface area contributed by atoms with E-state index in [1.54, 1.807) is 18.2 Å². The number of nitrogens with one attached hydrogen (secondary N) is 1. The highest BCUT2D eigenvalue weighted by molar-refractivity contribution is 5.85. The normalized spacial score (nSPS) is 11.8. The topological polar surface area (TPSA) is 107 Å². The first-order valence-electron chi connectivity index (χ1n) is 5.44. The molecule has 1 aromatic rings. The molecule has 1 rings (SSSR count). The van der Waals surface area contributed by atoms with Gasteiger partial charge < -0.3 is 20.6 Å². The summed E-state index contributed by atoms with van der Waals surface area (Å²) < 4.78 is 0. The molecule has 0 aliphatic heterocycles. The number of para-hydroxylation sites is 1. The third-order valence-electron chi connectivity index (χ3n) is 2.39. The molecule has 0 unspecified atom stereocenters. The number of carbonyl (C=O) groups excluding carboxylic acids is 1. The van der Waals surface area contributed by atoms with Gasteiger partial charge in [0.05, 0.1) is 6.42 Å². The number of aliphatic hydroxyl groups excluding tert-OH is 1. The molecule has 0 saturated heterocycles. The van der Waals surface area contributed by atoms with Crippen LogP contribution < -0.4 is 5.32 Å². The van der Waals surface area contributed by atoms with Crippen molar-refractivity contribution >= 4 is 11.9 Å². The summed E-state index contributed by atoms with van der Waals surface area (Å²) in [7, 11) is 0. The molecular weight excluding hydrogens is 238 g/mol. The van der Waals surface area contributed by atoms with Crippen LogP contribution in [0.5, 0.6) is 5.75 Å². The number of hydrogen-bond acceptors (Lipinski definition) is 4. The zero-order valence-corrected chi connectivity index (χ0v) is 9.67. The van der Waals surface area contributed by atoms with Crippen LogP contribution >= 0.6 is 0 Å². The van der Waals surface area contributed by atoms with Crippen LogP contribution in [0.3, 0.4) is 0 Å². The fraction of sp³-hybridized carbons (Fsp3) is 0.333. The Kier molecular flexibility index (Phi) is 5.13. The number of phenolic OH excluding ortho intramolecular Hbond substituents is 1. The summed E-state index contributed by atoms with van der Waals surface area (Å²) >= 11 is 0. The number of phenols is 1. The maximum atomic E-state index is 11.6. The number of amides is 1. The number of benzene rings is 1. The van der Waals surface area contributed by atoms with E-state index in [-0.39, 0.29) is 25.2 Å². The highest BCUT2D eigenvalue weighted by Crippen LogP contribution is 2.15. The van der Waals surface area contributed by atoms with Crippen LogP contribution in [0, 0.1) is 0 Å². The highest BCUT2D eigenvalue weighted by Gasteiger charge is 2.19. The molecule has 0 aliphatic carbocycles. The molecule has 1 amide bonds. The van der Waals surface area contributed by atoms with E-state index in [1.165, 1.54) is 6.07 Å². The van der Waals surface area contributed by atoms with Gasteiger partial charge in [-0.2, -0.15) is 0 Å². The van der Waals surface area contributed by atoms with Gasteiger partial charge in [0.2, 0.25) is 5.91 Å². The Morgan fingerprint density at radius 2 is 1.94 bits per heavy atom. The monoisotopic (exact) mass is 253 g/mol. The molecule has 0 heterocycles. The van der Waals surface area contributed by atoms with Crippen molar-refractivity contribution in [2.75, 3.05) is 6.61 Å². The molecule has 6 nitrogen and oxygen atoms in total. The third-order valence-corrected chi connectivity index (χ3v) is 2.39. The van der Waals surface area contributed by atoms with E-state index in [0.717, 1.165) is 0 Å². The van der Waals surface area contributed by atoms with Crippen molar-refractivity contribution in [2.45, 2.75) is 18.9 Å². The zero-order valence-electron chi connectivity index (χ0n) is 9.67. The Balaban J connectivity index is 2.61. The van der Waals surface area contributed by atoms with Crippen LogP contribution in [0.15, 0.2) is 24.3 Å². The highest BCUT2D eigenvalue weighted by atomic mass is 16.4. The molecule has 0 saturated carbocycles. The molecule has 98 valence electrons. The van der Waals surface area contributed by atoms with Crippen LogP contribution in [-0.4, -0.2) is 39.8 Å². The van der Waals surface area contributed by atoms with E-state index in [1.807, 2.05) is 0 Å². The maximum absolute atomic E-state index is 11.6. The van der Waals surface area contributed by atoms with E-state index in [9.17, 15) is 14.7 Å². The minimum atomic E-state index is -1.20. The zero-order chi connectivity index (χ0) is 13.5. The molecule has 4 N–H and O–H groups in total. The van der Waals surface area contributed by atoms with Gasteiger partial charge in [-0.1, -0.05) is 18.2 Å². The second kappa shape index (κ2) is 6.61. The predicted octanol–water partition coefficient (Wildman–Crippen LogP) is -0.114. The van der Waals surface area contributed by atoms with Gasteiger partial charge in [-0.05, 0) is 6.07 Å². The fourth-order valence-corrected chi connectivity index (χ4v) is 1.47. The first-order chi connectivity index (χ1) is 8.54. The summed E-state index contributed by atoms with van der Waals surface area (Å²) in [6.07, 6.45) is -0.163. The number of aliphatic carboxylic acids is 1. The number of carboxylic acid groups (broad SMARTS) is 1. The number of carbonyl (C=O) groups is 2. The van der Waals surface area contributed by atoms with Crippen LogP contribution in [0.1, 0.15) is 12.0 Å². The van der Waals surface area contributed by atoms with Crippen LogP contribution in [-0.2, 0) is 16.0 Å². The summed E-state index contributed by atoms with van der Waals surface area (Å²) in [5.41, 5.74) is 0.420. The number of rotatable bonds is 6.